The standard InChI is InChI=1S/C16H19F3N2O2/c1-23-15-6-11(7-15)13(8-15)21-14(22)20-9-10-3-2-4-12(5-10)16(17,18)19/h2-5,11,13H,6-9H2,1H3,(H2,20,21,22). The quantitative estimate of drug-likeness (QED) is 0.892. The van der Waals surface area contributed by atoms with E-state index in [0.717, 1.165) is 31.4 Å². The van der Waals surface area contributed by atoms with Crippen LogP contribution < -0.4 is 10.6 Å². The van der Waals surface area contributed by atoms with Crippen molar-refractivity contribution >= 4 is 6.03 Å². The van der Waals surface area contributed by atoms with Crippen molar-refractivity contribution in [2.75, 3.05) is 7.11 Å². The lowest BCUT2D eigenvalue weighted by Crippen LogP contribution is -2.43. The van der Waals surface area contributed by atoms with Crippen molar-refractivity contribution < 1.29 is 22.7 Å². The van der Waals surface area contributed by atoms with Gasteiger partial charge in [-0.15, -0.1) is 0 Å². The molecule has 0 saturated heterocycles. The third-order valence-corrected chi connectivity index (χ3v) is 4.89. The van der Waals surface area contributed by atoms with Gasteiger partial charge in [0.05, 0.1) is 11.2 Å². The largest absolute Gasteiger partial charge is 0.416 e. The highest BCUT2D eigenvalue weighted by atomic mass is 19.4. The van der Waals surface area contributed by atoms with Crippen LogP contribution in [0, 0.1) is 5.92 Å². The van der Waals surface area contributed by atoms with Crippen molar-refractivity contribution in [2.45, 2.75) is 43.6 Å². The molecule has 7 heteroatoms. The van der Waals surface area contributed by atoms with Crippen LogP contribution in [0.5, 0.6) is 0 Å². The predicted octanol–water partition coefficient (Wildman–Crippen LogP) is 3.07. The number of halogens is 3. The van der Waals surface area contributed by atoms with E-state index in [2.05, 4.69) is 10.6 Å². The highest BCUT2D eigenvalue weighted by Crippen LogP contribution is 2.53. The van der Waals surface area contributed by atoms with E-state index in [9.17, 15) is 18.0 Å². The Kier molecular flexibility index (Phi) is 4.00. The zero-order valence-corrected chi connectivity index (χ0v) is 12.7. The summed E-state index contributed by atoms with van der Waals surface area (Å²) in [7, 11) is 1.69. The van der Waals surface area contributed by atoms with E-state index in [4.69, 9.17) is 4.74 Å². The lowest BCUT2D eigenvalue weighted by molar-refractivity contribution is -0.137. The molecule has 3 saturated carbocycles. The van der Waals surface area contributed by atoms with Crippen LogP contribution in [0.15, 0.2) is 24.3 Å². The molecule has 1 aromatic carbocycles. The first-order valence-electron chi connectivity index (χ1n) is 7.57. The molecule has 0 aliphatic heterocycles. The fraction of sp³-hybridized carbons (Fsp3) is 0.562. The van der Waals surface area contributed by atoms with Crippen molar-refractivity contribution in [1.82, 2.24) is 10.6 Å². The molecule has 0 aromatic heterocycles. The van der Waals surface area contributed by atoms with E-state index >= 15 is 0 Å². The van der Waals surface area contributed by atoms with E-state index in [1.807, 2.05) is 0 Å². The molecule has 0 radical (unpaired) electrons. The summed E-state index contributed by atoms with van der Waals surface area (Å²) in [5, 5.41) is 5.51. The van der Waals surface area contributed by atoms with Gasteiger partial charge >= 0.3 is 12.2 Å². The minimum absolute atomic E-state index is 0.0581. The van der Waals surface area contributed by atoms with Gasteiger partial charge in [0.1, 0.15) is 0 Å². The van der Waals surface area contributed by atoms with Crippen LogP contribution in [0.4, 0.5) is 18.0 Å². The summed E-state index contributed by atoms with van der Waals surface area (Å²) in [5.74, 6) is 0.439. The Labute approximate surface area is 132 Å². The number of urea groups is 1. The Morgan fingerprint density at radius 2 is 2.09 bits per heavy atom. The molecular formula is C16H19F3N2O2. The molecule has 1 atom stereocenters. The van der Waals surface area contributed by atoms with Crippen molar-refractivity contribution in [1.29, 1.82) is 0 Å². The summed E-state index contributed by atoms with van der Waals surface area (Å²) >= 11 is 0. The second-order valence-electron chi connectivity index (χ2n) is 6.39. The third-order valence-electron chi connectivity index (χ3n) is 4.89. The van der Waals surface area contributed by atoms with Gasteiger partial charge in [0.2, 0.25) is 0 Å². The van der Waals surface area contributed by atoms with Crippen LogP contribution >= 0.6 is 0 Å². The number of methoxy groups -OCH3 is 1. The number of hydrogen-bond donors (Lipinski definition) is 2. The molecular weight excluding hydrogens is 309 g/mol. The van der Waals surface area contributed by atoms with Gasteiger partial charge in [0, 0.05) is 19.7 Å². The first-order chi connectivity index (χ1) is 10.8. The summed E-state index contributed by atoms with van der Waals surface area (Å²) < 4.78 is 43.4. The molecule has 2 bridgehead atoms. The van der Waals surface area contributed by atoms with Crippen molar-refractivity contribution in [3.8, 4) is 0 Å². The monoisotopic (exact) mass is 328 g/mol. The number of ether oxygens (including phenoxy) is 1. The maximum absolute atomic E-state index is 12.6. The fourth-order valence-electron chi connectivity index (χ4n) is 3.59. The van der Waals surface area contributed by atoms with E-state index < -0.39 is 11.7 Å². The molecule has 3 aliphatic carbocycles. The fourth-order valence-corrected chi connectivity index (χ4v) is 3.59. The number of benzene rings is 1. The topological polar surface area (TPSA) is 50.4 Å². The molecule has 3 fully saturated rings. The molecule has 3 aliphatic rings. The van der Waals surface area contributed by atoms with E-state index in [0.29, 0.717) is 11.5 Å². The Hall–Kier alpha value is -1.76. The SMILES string of the molecule is COC12CC(C1)C(NC(=O)NCc1cccc(C(F)(F)F)c1)C2. The maximum atomic E-state index is 12.6. The molecule has 23 heavy (non-hydrogen) atoms. The van der Waals surface area contributed by atoms with Crippen molar-refractivity contribution in [3.63, 3.8) is 0 Å². The van der Waals surface area contributed by atoms with E-state index in [1.165, 1.54) is 6.07 Å². The van der Waals surface area contributed by atoms with E-state index in [-0.39, 0.29) is 24.2 Å². The lowest BCUT2D eigenvalue weighted by atomic mass is 9.79. The maximum Gasteiger partial charge on any atom is 0.416 e. The molecule has 1 aromatic rings. The Morgan fingerprint density at radius 1 is 1.35 bits per heavy atom. The number of amides is 2. The van der Waals surface area contributed by atoms with Gasteiger partial charge in [0.15, 0.2) is 0 Å². The molecule has 0 spiro atoms. The van der Waals surface area contributed by atoms with Crippen LogP contribution in [0.1, 0.15) is 30.4 Å². The van der Waals surface area contributed by atoms with Gasteiger partial charge in [-0.3, -0.25) is 0 Å². The number of fused-ring (bicyclic) bond motifs is 1. The third kappa shape index (κ3) is 3.29. The number of carbonyl (C=O) groups is 1. The number of carbonyl (C=O) groups excluding carboxylic acids is 1. The van der Waals surface area contributed by atoms with Crippen LogP contribution in [0.25, 0.3) is 0 Å². The summed E-state index contributed by atoms with van der Waals surface area (Å²) in [6, 6.07) is 4.68. The summed E-state index contributed by atoms with van der Waals surface area (Å²) in [6.07, 6.45) is -1.66. The van der Waals surface area contributed by atoms with Crippen LogP contribution in [0.2, 0.25) is 0 Å². The molecule has 0 heterocycles. The second kappa shape index (κ2) is 5.70. The average molecular weight is 328 g/mol. The zero-order chi connectivity index (χ0) is 16.7. The lowest BCUT2D eigenvalue weighted by Gasteiger charge is -2.36. The van der Waals surface area contributed by atoms with Gasteiger partial charge in [-0.1, -0.05) is 12.1 Å². The molecule has 126 valence electrons. The molecule has 4 rings (SSSR count). The minimum Gasteiger partial charge on any atom is -0.378 e. The molecule has 2 N–H and O–H groups in total. The first kappa shape index (κ1) is 16.1. The molecule has 1 unspecified atom stereocenters. The van der Waals surface area contributed by atoms with Gasteiger partial charge in [-0.2, -0.15) is 13.2 Å². The molecule has 4 nitrogen and oxygen atoms in total. The van der Waals surface area contributed by atoms with E-state index in [1.54, 1.807) is 13.2 Å². The summed E-state index contributed by atoms with van der Waals surface area (Å²) in [4.78, 5) is 11.9. The Balaban J connectivity index is 1.50. The van der Waals surface area contributed by atoms with Crippen molar-refractivity contribution in [3.05, 3.63) is 35.4 Å². The highest BCUT2D eigenvalue weighted by molar-refractivity contribution is 5.74. The summed E-state index contributed by atoms with van der Waals surface area (Å²) in [6.45, 7) is 0.0581. The second-order valence-corrected chi connectivity index (χ2v) is 6.39. The van der Waals surface area contributed by atoms with Crippen LogP contribution in [-0.4, -0.2) is 24.8 Å². The molecule has 2 amide bonds. The van der Waals surface area contributed by atoms with Gasteiger partial charge in [-0.25, -0.2) is 4.79 Å². The number of nitrogens with one attached hydrogen (secondary N) is 2. The smallest absolute Gasteiger partial charge is 0.378 e. The Morgan fingerprint density at radius 3 is 2.70 bits per heavy atom. The Bertz CT molecular complexity index is 597. The van der Waals surface area contributed by atoms with Gasteiger partial charge in [-0.05, 0) is 42.9 Å². The normalized spacial score (nSPS) is 29.0. The number of alkyl halides is 3. The van der Waals surface area contributed by atoms with Crippen LogP contribution in [-0.2, 0) is 17.5 Å². The van der Waals surface area contributed by atoms with Gasteiger partial charge < -0.3 is 15.4 Å². The average Bonchev–Trinajstić information content (AvgIpc) is 2.98. The number of hydrogen-bond acceptors (Lipinski definition) is 2. The predicted molar refractivity (Wildman–Crippen MR) is 77.7 cm³/mol. The van der Waals surface area contributed by atoms with Crippen molar-refractivity contribution in [2.24, 2.45) is 5.92 Å². The zero-order valence-electron chi connectivity index (χ0n) is 12.7. The summed E-state index contributed by atoms with van der Waals surface area (Å²) in [5.41, 5.74) is -0.376. The first-order valence-corrected chi connectivity index (χ1v) is 7.57. The minimum atomic E-state index is -4.38. The van der Waals surface area contributed by atoms with Crippen LogP contribution in [0.3, 0.4) is 0 Å². The van der Waals surface area contributed by atoms with Gasteiger partial charge in [0.25, 0.3) is 0 Å². The highest BCUT2D eigenvalue weighted by Gasteiger charge is 2.56. The number of rotatable bonds is 4.